The SMILES string of the molecule is Cc1noc(-c2ccnc(N3C[C@@H]4CN(C)[C@H](c5ccccc5C)[C@@H]4C3)c2)n1.Cl.Cl. The summed E-state index contributed by atoms with van der Waals surface area (Å²) in [6.45, 7) is 7.24. The number of aryl methyl sites for hydroxylation is 2. The molecule has 6 nitrogen and oxygen atoms in total. The average Bonchev–Trinajstić information content (AvgIpc) is 3.37. The minimum Gasteiger partial charge on any atom is -0.356 e. The second kappa shape index (κ2) is 8.92. The molecule has 0 unspecified atom stereocenters. The lowest BCUT2D eigenvalue weighted by Crippen LogP contribution is -2.29. The number of hydrogen-bond donors (Lipinski definition) is 0. The van der Waals surface area contributed by atoms with Crippen molar-refractivity contribution in [2.24, 2.45) is 11.8 Å². The summed E-state index contributed by atoms with van der Waals surface area (Å²) in [6, 6.07) is 13.3. The molecule has 2 saturated heterocycles. The summed E-state index contributed by atoms with van der Waals surface area (Å²) in [6.07, 6.45) is 1.84. The van der Waals surface area contributed by atoms with E-state index in [-0.39, 0.29) is 24.8 Å². The maximum atomic E-state index is 5.33. The molecule has 2 fully saturated rings. The number of likely N-dealkylation sites (tertiary alicyclic amines) is 1. The highest BCUT2D eigenvalue weighted by molar-refractivity contribution is 5.85. The Morgan fingerprint density at radius 3 is 2.57 bits per heavy atom. The Morgan fingerprint density at radius 1 is 1.03 bits per heavy atom. The summed E-state index contributed by atoms with van der Waals surface area (Å²) in [4.78, 5) is 13.9. The van der Waals surface area contributed by atoms with Gasteiger partial charge in [0.05, 0.1) is 0 Å². The number of rotatable bonds is 3. The first-order valence-corrected chi connectivity index (χ1v) is 9.87. The fourth-order valence-electron chi connectivity index (χ4n) is 4.97. The van der Waals surface area contributed by atoms with Crippen molar-refractivity contribution in [1.82, 2.24) is 20.0 Å². The highest BCUT2D eigenvalue weighted by Gasteiger charge is 2.46. The highest BCUT2D eigenvalue weighted by Crippen LogP contribution is 2.45. The lowest BCUT2D eigenvalue weighted by Gasteiger charge is -2.28. The number of halogens is 2. The topological polar surface area (TPSA) is 58.3 Å². The van der Waals surface area contributed by atoms with Gasteiger partial charge in [0.1, 0.15) is 5.82 Å². The molecule has 0 amide bonds. The van der Waals surface area contributed by atoms with Crippen LogP contribution < -0.4 is 4.90 Å². The molecule has 3 aromatic rings. The first-order chi connectivity index (χ1) is 13.6. The lowest BCUT2D eigenvalue weighted by atomic mass is 9.88. The smallest absolute Gasteiger partial charge is 0.258 e. The summed E-state index contributed by atoms with van der Waals surface area (Å²) < 4.78 is 5.33. The molecule has 2 aliphatic rings. The second-order valence-corrected chi connectivity index (χ2v) is 8.12. The molecule has 160 valence electrons. The maximum Gasteiger partial charge on any atom is 0.258 e. The minimum absolute atomic E-state index is 0. The Balaban J connectivity index is 0.00000128. The van der Waals surface area contributed by atoms with Crippen molar-refractivity contribution in [3.8, 4) is 11.5 Å². The van der Waals surface area contributed by atoms with Gasteiger partial charge in [-0.3, -0.25) is 4.90 Å². The molecule has 5 rings (SSSR count). The number of benzene rings is 1. The van der Waals surface area contributed by atoms with Gasteiger partial charge >= 0.3 is 0 Å². The normalized spacial score (nSPS) is 23.0. The number of anilines is 1. The fourth-order valence-corrected chi connectivity index (χ4v) is 4.97. The van der Waals surface area contributed by atoms with E-state index in [2.05, 4.69) is 69.2 Å². The number of aromatic nitrogens is 3. The zero-order chi connectivity index (χ0) is 19.3. The molecule has 0 N–H and O–H groups in total. The monoisotopic (exact) mass is 447 g/mol. The third-order valence-corrected chi connectivity index (χ3v) is 6.25. The molecule has 0 spiro atoms. The van der Waals surface area contributed by atoms with Crippen molar-refractivity contribution < 1.29 is 4.52 Å². The molecule has 0 radical (unpaired) electrons. The molecule has 1 aromatic carbocycles. The van der Waals surface area contributed by atoms with Gasteiger partial charge in [0.2, 0.25) is 0 Å². The Bertz CT molecular complexity index is 1010. The third kappa shape index (κ3) is 3.92. The summed E-state index contributed by atoms with van der Waals surface area (Å²) in [5.74, 6) is 3.47. The number of pyridine rings is 1. The van der Waals surface area contributed by atoms with Crippen LogP contribution in [0.5, 0.6) is 0 Å². The Morgan fingerprint density at radius 2 is 1.83 bits per heavy atom. The molecule has 4 heterocycles. The summed E-state index contributed by atoms with van der Waals surface area (Å²) in [7, 11) is 2.26. The largest absolute Gasteiger partial charge is 0.356 e. The van der Waals surface area contributed by atoms with Crippen LogP contribution in [0.25, 0.3) is 11.5 Å². The van der Waals surface area contributed by atoms with Crippen LogP contribution in [-0.2, 0) is 0 Å². The van der Waals surface area contributed by atoms with Crippen LogP contribution in [0, 0.1) is 25.7 Å². The van der Waals surface area contributed by atoms with E-state index in [0.717, 1.165) is 31.0 Å². The highest BCUT2D eigenvalue weighted by atomic mass is 35.5. The molecule has 8 heteroatoms. The lowest BCUT2D eigenvalue weighted by molar-refractivity contribution is 0.279. The van der Waals surface area contributed by atoms with Crippen molar-refractivity contribution in [2.45, 2.75) is 19.9 Å². The second-order valence-electron chi connectivity index (χ2n) is 8.12. The van der Waals surface area contributed by atoms with Crippen molar-refractivity contribution in [1.29, 1.82) is 0 Å². The number of nitrogens with zero attached hydrogens (tertiary/aromatic N) is 5. The molecule has 2 aromatic heterocycles. The number of hydrogen-bond acceptors (Lipinski definition) is 6. The molecular formula is C22H27Cl2N5O. The minimum atomic E-state index is 0. The summed E-state index contributed by atoms with van der Waals surface area (Å²) >= 11 is 0. The van der Waals surface area contributed by atoms with Gasteiger partial charge in [-0.15, -0.1) is 24.8 Å². The molecule has 3 atom stereocenters. The van der Waals surface area contributed by atoms with E-state index in [0.29, 0.717) is 29.6 Å². The third-order valence-electron chi connectivity index (χ3n) is 6.25. The maximum absolute atomic E-state index is 5.33. The molecule has 0 saturated carbocycles. The fraction of sp³-hybridized carbons (Fsp3) is 0.409. The van der Waals surface area contributed by atoms with E-state index >= 15 is 0 Å². The zero-order valence-electron chi connectivity index (χ0n) is 17.4. The van der Waals surface area contributed by atoms with E-state index in [4.69, 9.17) is 4.52 Å². The number of fused-ring (bicyclic) bond motifs is 1. The predicted octanol–water partition coefficient (Wildman–Crippen LogP) is 4.33. The molecule has 30 heavy (non-hydrogen) atoms. The summed E-state index contributed by atoms with van der Waals surface area (Å²) in [5.41, 5.74) is 3.77. The Kier molecular flexibility index (Phi) is 6.70. The van der Waals surface area contributed by atoms with Gasteiger partial charge in [0.25, 0.3) is 5.89 Å². The van der Waals surface area contributed by atoms with Crippen molar-refractivity contribution in [3.63, 3.8) is 0 Å². The van der Waals surface area contributed by atoms with E-state index in [1.807, 2.05) is 19.2 Å². The van der Waals surface area contributed by atoms with Crippen LogP contribution in [-0.4, -0.2) is 46.7 Å². The van der Waals surface area contributed by atoms with Crippen LogP contribution in [0.15, 0.2) is 47.1 Å². The zero-order valence-corrected chi connectivity index (χ0v) is 19.0. The van der Waals surface area contributed by atoms with Crippen LogP contribution in [0.1, 0.15) is 23.0 Å². The molecule has 2 aliphatic heterocycles. The van der Waals surface area contributed by atoms with Crippen LogP contribution in [0.3, 0.4) is 0 Å². The average molecular weight is 448 g/mol. The Labute approximate surface area is 189 Å². The van der Waals surface area contributed by atoms with E-state index in [1.54, 1.807) is 0 Å². The van der Waals surface area contributed by atoms with Gasteiger partial charge in [-0.1, -0.05) is 29.4 Å². The van der Waals surface area contributed by atoms with Crippen molar-refractivity contribution in [3.05, 3.63) is 59.5 Å². The van der Waals surface area contributed by atoms with Gasteiger partial charge in [-0.05, 0) is 50.1 Å². The molecule has 0 bridgehead atoms. The van der Waals surface area contributed by atoms with E-state index in [9.17, 15) is 0 Å². The van der Waals surface area contributed by atoms with Gasteiger partial charge in [0, 0.05) is 43.4 Å². The van der Waals surface area contributed by atoms with E-state index < -0.39 is 0 Å². The Hall–Kier alpha value is -2.15. The van der Waals surface area contributed by atoms with Crippen LogP contribution in [0.2, 0.25) is 0 Å². The summed E-state index contributed by atoms with van der Waals surface area (Å²) in [5, 5.41) is 3.90. The van der Waals surface area contributed by atoms with E-state index in [1.165, 1.54) is 11.1 Å². The molecule has 0 aliphatic carbocycles. The van der Waals surface area contributed by atoms with Crippen LogP contribution >= 0.6 is 24.8 Å². The van der Waals surface area contributed by atoms with Gasteiger partial charge < -0.3 is 9.42 Å². The van der Waals surface area contributed by atoms with Crippen molar-refractivity contribution in [2.75, 3.05) is 31.6 Å². The first kappa shape index (κ1) is 22.5. The molecular weight excluding hydrogens is 421 g/mol. The van der Waals surface area contributed by atoms with Crippen LogP contribution in [0.4, 0.5) is 5.82 Å². The quantitative estimate of drug-likeness (QED) is 0.595. The first-order valence-electron chi connectivity index (χ1n) is 9.87. The van der Waals surface area contributed by atoms with Gasteiger partial charge in [0.15, 0.2) is 5.82 Å². The standard InChI is InChI=1S/C22H25N5O.2ClH/c1-14-6-4-5-7-18(14)21-19-13-27(12-17(19)11-26(21)3)20-10-16(8-9-23-20)22-24-15(2)25-28-22;;/h4-10,17,19,21H,11-13H2,1-3H3;2*1H/t17-,19+,21+;;/m0../s1. The predicted molar refractivity (Wildman–Crippen MR) is 123 cm³/mol. The van der Waals surface area contributed by atoms with Crippen molar-refractivity contribution >= 4 is 30.6 Å². The van der Waals surface area contributed by atoms with Gasteiger partial charge in [-0.2, -0.15) is 4.98 Å². The van der Waals surface area contributed by atoms with Gasteiger partial charge in [-0.25, -0.2) is 4.98 Å².